The molecular formula is C13H20N2O2. The molecule has 0 saturated carbocycles. The second-order valence-corrected chi connectivity index (χ2v) is 5.13. The summed E-state index contributed by atoms with van der Waals surface area (Å²) in [6.45, 7) is 6.55. The van der Waals surface area contributed by atoms with Crippen molar-refractivity contribution in [2.45, 2.75) is 26.2 Å². The lowest BCUT2D eigenvalue weighted by Crippen LogP contribution is -2.30. The van der Waals surface area contributed by atoms with E-state index < -0.39 is 0 Å². The fraction of sp³-hybridized carbons (Fsp3) is 0.538. The molecule has 4 heteroatoms. The Kier molecular flexibility index (Phi) is 4.23. The predicted molar refractivity (Wildman–Crippen MR) is 67.0 cm³/mol. The van der Waals surface area contributed by atoms with Gasteiger partial charge in [-0.2, -0.15) is 0 Å². The summed E-state index contributed by atoms with van der Waals surface area (Å²) in [6, 6.07) is 3.74. The van der Waals surface area contributed by atoms with Crippen LogP contribution in [0.1, 0.15) is 36.8 Å². The zero-order valence-corrected chi connectivity index (χ0v) is 10.9. The number of amides is 1. The molecular weight excluding hydrogens is 216 g/mol. The van der Waals surface area contributed by atoms with Gasteiger partial charge in [0.1, 0.15) is 5.69 Å². The average Bonchev–Trinajstić information content (AvgIpc) is 2.27. The van der Waals surface area contributed by atoms with Crippen LogP contribution >= 0.6 is 0 Å². The average molecular weight is 236 g/mol. The van der Waals surface area contributed by atoms with Gasteiger partial charge in [0.15, 0.2) is 0 Å². The second kappa shape index (κ2) is 5.27. The van der Waals surface area contributed by atoms with Gasteiger partial charge in [0.2, 0.25) is 0 Å². The number of carbonyl (C=O) groups is 1. The van der Waals surface area contributed by atoms with Gasteiger partial charge in [-0.25, -0.2) is 0 Å². The second-order valence-electron chi connectivity index (χ2n) is 5.13. The summed E-state index contributed by atoms with van der Waals surface area (Å²) >= 11 is 0. The predicted octanol–water partition coefficient (Wildman–Crippen LogP) is 1.44. The number of aliphatic hydroxyl groups excluding tert-OH is 1. The Morgan fingerprint density at radius 1 is 1.47 bits per heavy atom. The van der Waals surface area contributed by atoms with Crippen molar-refractivity contribution < 1.29 is 9.90 Å². The lowest BCUT2D eigenvalue weighted by atomic mass is 9.87. The third-order valence-corrected chi connectivity index (χ3v) is 2.63. The maximum atomic E-state index is 12.0. The molecule has 0 unspecified atom stereocenters. The molecule has 17 heavy (non-hydrogen) atoms. The molecule has 1 rings (SSSR count). The van der Waals surface area contributed by atoms with Gasteiger partial charge in [-0.05, 0) is 23.1 Å². The quantitative estimate of drug-likeness (QED) is 0.864. The van der Waals surface area contributed by atoms with Crippen molar-refractivity contribution in [3.63, 3.8) is 0 Å². The normalized spacial score (nSPS) is 11.4. The molecule has 1 amide bonds. The third kappa shape index (κ3) is 3.53. The van der Waals surface area contributed by atoms with Crippen molar-refractivity contribution in [3.8, 4) is 0 Å². The highest BCUT2D eigenvalue weighted by Gasteiger charge is 2.18. The van der Waals surface area contributed by atoms with Crippen molar-refractivity contribution in [2.24, 2.45) is 0 Å². The molecule has 0 fully saturated rings. The molecule has 4 nitrogen and oxygen atoms in total. The Bertz CT molecular complexity index is 397. The topological polar surface area (TPSA) is 53.4 Å². The Morgan fingerprint density at radius 2 is 2.12 bits per heavy atom. The van der Waals surface area contributed by atoms with E-state index in [1.807, 2.05) is 12.1 Å². The van der Waals surface area contributed by atoms with Crippen LogP contribution in [0.2, 0.25) is 0 Å². The summed E-state index contributed by atoms with van der Waals surface area (Å²) in [5.41, 5.74) is 1.50. The van der Waals surface area contributed by atoms with E-state index in [4.69, 9.17) is 5.11 Å². The van der Waals surface area contributed by atoms with E-state index in [1.54, 1.807) is 13.2 Å². The van der Waals surface area contributed by atoms with Gasteiger partial charge in [-0.15, -0.1) is 0 Å². The van der Waals surface area contributed by atoms with Crippen LogP contribution in [0, 0.1) is 0 Å². The number of rotatable bonds is 3. The number of nitrogens with zero attached hydrogens (tertiary/aromatic N) is 2. The summed E-state index contributed by atoms with van der Waals surface area (Å²) in [5, 5.41) is 8.80. The van der Waals surface area contributed by atoms with Crippen LogP contribution in [0.4, 0.5) is 0 Å². The number of aromatic nitrogens is 1. The first-order valence-corrected chi connectivity index (χ1v) is 5.69. The van der Waals surface area contributed by atoms with Crippen molar-refractivity contribution in [3.05, 3.63) is 29.6 Å². The van der Waals surface area contributed by atoms with Crippen molar-refractivity contribution >= 4 is 5.91 Å². The highest BCUT2D eigenvalue weighted by Crippen LogP contribution is 2.22. The van der Waals surface area contributed by atoms with E-state index in [9.17, 15) is 4.79 Å². The third-order valence-electron chi connectivity index (χ3n) is 2.63. The highest BCUT2D eigenvalue weighted by atomic mass is 16.3. The van der Waals surface area contributed by atoms with Gasteiger partial charge in [0.05, 0.1) is 6.61 Å². The fourth-order valence-corrected chi connectivity index (χ4v) is 1.46. The lowest BCUT2D eigenvalue weighted by molar-refractivity contribution is 0.0761. The van der Waals surface area contributed by atoms with Crippen molar-refractivity contribution in [1.29, 1.82) is 0 Å². The van der Waals surface area contributed by atoms with E-state index in [2.05, 4.69) is 25.8 Å². The van der Waals surface area contributed by atoms with Gasteiger partial charge >= 0.3 is 0 Å². The minimum atomic E-state index is -0.162. The molecule has 1 aromatic heterocycles. The lowest BCUT2D eigenvalue weighted by Gasteiger charge is -2.20. The molecule has 1 heterocycles. The zero-order chi connectivity index (χ0) is 13.1. The minimum Gasteiger partial charge on any atom is -0.395 e. The Labute approximate surface area is 102 Å². The highest BCUT2D eigenvalue weighted by molar-refractivity contribution is 5.92. The summed E-state index contributed by atoms with van der Waals surface area (Å²) in [6.07, 6.45) is 1.65. The van der Waals surface area contributed by atoms with E-state index in [-0.39, 0.29) is 17.9 Å². The number of pyridine rings is 1. The molecule has 0 atom stereocenters. The number of aliphatic hydroxyl groups is 1. The molecule has 0 aliphatic heterocycles. The number of likely N-dealkylation sites (N-methyl/N-ethyl adjacent to an activating group) is 1. The minimum absolute atomic E-state index is 0.00643. The summed E-state index contributed by atoms with van der Waals surface area (Å²) in [7, 11) is 1.66. The zero-order valence-electron chi connectivity index (χ0n) is 10.9. The Morgan fingerprint density at radius 3 is 2.65 bits per heavy atom. The largest absolute Gasteiger partial charge is 0.395 e. The van der Waals surface area contributed by atoms with E-state index >= 15 is 0 Å². The summed E-state index contributed by atoms with van der Waals surface area (Å²) in [4.78, 5) is 17.5. The molecule has 94 valence electrons. The molecule has 0 saturated heterocycles. The van der Waals surface area contributed by atoms with Crippen molar-refractivity contribution in [2.75, 3.05) is 20.2 Å². The SMILES string of the molecule is CN(CCO)C(=O)c1cc(C(C)(C)C)ccn1. The summed E-state index contributed by atoms with van der Waals surface area (Å²) in [5.74, 6) is -0.162. The fourth-order valence-electron chi connectivity index (χ4n) is 1.46. The summed E-state index contributed by atoms with van der Waals surface area (Å²) < 4.78 is 0. The maximum absolute atomic E-state index is 12.0. The van der Waals surface area contributed by atoms with Crippen LogP contribution < -0.4 is 0 Å². The monoisotopic (exact) mass is 236 g/mol. The van der Waals surface area contributed by atoms with Crippen LogP contribution in [0.15, 0.2) is 18.3 Å². The van der Waals surface area contributed by atoms with E-state index in [0.717, 1.165) is 5.56 Å². The van der Waals surface area contributed by atoms with Gasteiger partial charge in [-0.3, -0.25) is 9.78 Å². The first kappa shape index (κ1) is 13.6. The first-order chi connectivity index (χ1) is 7.86. The van der Waals surface area contributed by atoms with Crippen LogP contribution in [0.5, 0.6) is 0 Å². The standard InChI is InChI=1S/C13H20N2O2/c1-13(2,3)10-5-6-14-11(9-10)12(17)15(4)7-8-16/h5-6,9,16H,7-8H2,1-4H3. The van der Waals surface area contributed by atoms with Crippen molar-refractivity contribution in [1.82, 2.24) is 9.88 Å². The molecule has 0 spiro atoms. The Balaban J connectivity index is 2.96. The molecule has 1 N–H and O–H groups in total. The smallest absolute Gasteiger partial charge is 0.272 e. The van der Waals surface area contributed by atoms with Crippen LogP contribution in [0.3, 0.4) is 0 Å². The van der Waals surface area contributed by atoms with Gasteiger partial charge in [-0.1, -0.05) is 20.8 Å². The molecule has 0 aliphatic rings. The van der Waals surface area contributed by atoms with Crippen LogP contribution in [-0.4, -0.2) is 41.1 Å². The molecule has 0 bridgehead atoms. The number of carbonyl (C=O) groups excluding carboxylic acids is 1. The van der Waals surface area contributed by atoms with Gasteiger partial charge in [0, 0.05) is 19.8 Å². The van der Waals surface area contributed by atoms with Crippen LogP contribution in [0.25, 0.3) is 0 Å². The maximum Gasteiger partial charge on any atom is 0.272 e. The number of hydrogen-bond donors (Lipinski definition) is 1. The van der Waals surface area contributed by atoms with E-state index in [0.29, 0.717) is 12.2 Å². The van der Waals surface area contributed by atoms with Crippen LogP contribution in [-0.2, 0) is 5.41 Å². The van der Waals surface area contributed by atoms with E-state index in [1.165, 1.54) is 4.90 Å². The Hall–Kier alpha value is -1.42. The van der Waals surface area contributed by atoms with Gasteiger partial charge in [0.25, 0.3) is 5.91 Å². The van der Waals surface area contributed by atoms with Gasteiger partial charge < -0.3 is 10.0 Å². The molecule has 1 aromatic rings. The first-order valence-electron chi connectivity index (χ1n) is 5.69. The molecule has 0 aromatic carbocycles. The number of hydrogen-bond acceptors (Lipinski definition) is 3. The molecule has 0 radical (unpaired) electrons. The molecule has 0 aliphatic carbocycles.